The third-order valence-corrected chi connectivity index (χ3v) is 4.67. The summed E-state index contributed by atoms with van der Waals surface area (Å²) in [5.74, 6) is 0.0741. The standard InChI is InChI=1S/C25H26O3/c1-20(26)17-24(22-13-7-3-8-14-22)25(23-15-9-4-10-16-23)28-19-27-18-21-11-5-2-6-12-21/h2-16,24-25H,17-19H2,1H3/t24-,25-/m0/s1. The highest BCUT2D eigenvalue weighted by atomic mass is 16.7. The molecule has 0 fully saturated rings. The summed E-state index contributed by atoms with van der Waals surface area (Å²) < 4.78 is 11.9. The van der Waals surface area contributed by atoms with Crippen molar-refractivity contribution in [1.82, 2.24) is 0 Å². The molecule has 144 valence electrons. The van der Waals surface area contributed by atoms with Crippen LogP contribution in [0.5, 0.6) is 0 Å². The zero-order valence-corrected chi connectivity index (χ0v) is 16.2. The van der Waals surface area contributed by atoms with Crippen LogP contribution in [0.4, 0.5) is 0 Å². The van der Waals surface area contributed by atoms with Gasteiger partial charge < -0.3 is 14.3 Å². The van der Waals surface area contributed by atoms with Crippen LogP contribution in [0.1, 0.15) is 42.1 Å². The molecule has 0 aliphatic heterocycles. The molecule has 28 heavy (non-hydrogen) atoms. The largest absolute Gasteiger partial charge is 0.351 e. The van der Waals surface area contributed by atoms with E-state index < -0.39 is 0 Å². The van der Waals surface area contributed by atoms with Crippen molar-refractivity contribution >= 4 is 5.78 Å². The molecule has 3 heteroatoms. The number of ether oxygens (including phenoxy) is 2. The Hall–Kier alpha value is -2.75. The second kappa shape index (κ2) is 10.5. The molecule has 0 saturated heterocycles. The summed E-state index contributed by atoms with van der Waals surface area (Å²) in [6.45, 7) is 2.28. The minimum absolute atomic E-state index is 0.0681. The van der Waals surface area contributed by atoms with Crippen molar-refractivity contribution in [3.05, 3.63) is 108 Å². The molecular weight excluding hydrogens is 348 g/mol. The molecule has 0 aliphatic rings. The summed E-state index contributed by atoms with van der Waals surface area (Å²) >= 11 is 0. The van der Waals surface area contributed by atoms with Crippen molar-refractivity contribution in [2.75, 3.05) is 6.79 Å². The van der Waals surface area contributed by atoms with Gasteiger partial charge in [0.25, 0.3) is 0 Å². The predicted molar refractivity (Wildman–Crippen MR) is 111 cm³/mol. The van der Waals surface area contributed by atoms with E-state index in [0.717, 1.165) is 16.7 Å². The van der Waals surface area contributed by atoms with Gasteiger partial charge in [0.2, 0.25) is 0 Å². The number of ketones is 1. The number of hydrogen-bond donors (Lipinski definition) is 0. The summed E-state index contributed by atoms with van der Waals surface area (Å²) in [7, 11) is 0. The number of carbonyl (C=O) groups excluding carboxylic acids is 1. The van der Waals surface area contributed by atoms with Crippen LogP contribution in [-0.4, -0.2) is 12.6 Å². The van der Waals surface area contributed by atoms with Gasteiger partial charge in [-0.3, -0.25) is 0 Å². The van der Waals surface area contributed by atoms with Crippen molar-refractivity contribution in [2.24, 2.45) is 0 Å². The Bertz CT molecular complexity index is 831. The molecule has 3 aromatic rings. The molecule has 0 heterocycles. The van der Waals surface area contributed by atoms with E-state index in [1.165, 1.54) is 0 Å². The maximum atomic E-state index is 12.0. The summed E-state index contributed by atoms with van der Waals surface area (Å²) in [4.78, 5) is 12.0. The first-order valence-electron chi connectivity index (χ1n) is 9.56. The number of Topliss-reactive ketones (excluding diaryl/α,β-unsaturated/α-hetero) is 1. The first-order valence-corrected chi connectivity index (χ1v) is 9.56. The highest BCUT2D eigenvalue weighted by Crippen LogP contribution is 2.37. The van der Waals surface area contributed by atoms with Gasteiger partial charge in [-0.05, 0) is 23.6 Å². The molecule has 0 unspecified atom stereocenters. The molecule has 3 aromatic carbocycles. The number of hydrogen-bond acceptors (Lipinski definition) is 3. The Labute approximate surface area is 166 Å². The van der Waals surface area contributed by atoms with Gasteiger partial charge in [-0.15, -0.1) is 0 Å². The number of carbonyl (C=O) groups is 1. The second-order valence-electron chi connectivity index (χ2n) is 6.87. The first-order chi connectivity index (χ1) is 13.7. The molecule has 0 saturated carbocycles. The summed E-state index contributed by atoms with van der Waals surface area (Å²) in [6, 6.07) is 30.1. The fraction of sp³-hybridized carbons (Fsp3) is 0.240. The van der Waals surface area contributed by atoms with E-state index >= 15 is 0 Å². The van der Waals surface area contributed by atoms with Crippen LogP contribution >= 0.6 is 0 Å². The fourth-order valence-electron chi connectivity index (χ4n) is 3.35. The van der Waals surface area contributed by atoms with E-state index in [1.807, 2.05) is 78.9 Å². The lowest BCUT2D eigenvalue weighted by molar-refractivity contribution is -0.123. The van der Waals surface area contributed by atoms with Gasteiger partial charge in [0.1, 0.15) is 12.6 Å². The predicted octanol–water partition coefficient (Wildman–Crippen LogP) is 5.68. The van der Waals surface area contributed by atoms with Gasteiger partial charge in [0, 0.05) is 12.3 Å². The molecule has 3 rings (SSSR count). The summed E-state index contributed by atoms with van der Waals surface area (Å²) in [5, 5.41) is 0. The number of benzene rings is 3. The van der Waals surface area contributed by atoms with Gasteiger partial charge in [-0.2, -0.15) is 0 Å². The highest BCUT2D eigenvalue weighted by Gasteiger charge is 2.27. The summed E-state index contributed by atoms with van der Waals surface area (Å²) in [5.41, 5.74) is 3.24. The Morgan fingerprint density at radius 2 is 1.32 bits per heavy atom. The van der Waals surface area contributed by atoms with Crippen molar-refractivity contribution in [3.8, 4) is 0 Å². The molecule has 0 N–H and O–H groups in total. The molecule has 0 radical (unpaired) electrons. The van der Waals surface area contributed by atoms with E-state index in [-0.39, 0.29) is 24.6 Å². The zero-order chi connectivity index (χ0) is 19.6. The Balaban J connectivity index is 1.76. The van der Waals surface area contributed by atoms with Crippen LogP contribution in [0.15, 0.2) is 91.0 Å². The highest BCUT2D eigenvalue weighted by molar-refractivity contribution is 5.76. The van der Waals surface area contributed by atoms with Crippen LogP contribution < -0.4 is 0 Å². The normalized spacial score (nSPS) is 13.0. The van der Waals surface area contributed by atoms with E-state index in [1.54, 1.807) is 6.92 Å². The summed E-state index contributed by atoms with van der Waals surface area (Å²) in [6.07, 6.45) is 0.158. The Morgan fingerprint density at radius 3 is 1.89 bits per heavy atom. The van der Waals surface area contributed by atoms with Gasteiger partial charge in [-0.25, -0.2) is 0 Å². The van der Waals surface area contributed by atoms with Crippen molar-refractivity contribution in [3.63, 3.8) is 0 Å². The number of rotatable bonds is 10. The van der Waals surface area contributed by atoms with Crippen LogP contribution in [0, 0.1) is 0 Å². The van der Waals surface area contributed by atoms with Crippen molar-refractivity contribution in [2.45, 2.75) is 32.0 Å². The zero-order valence-electron chi connectivity index (χ0n) is 16.2. The monoisotopic (exact) mass is 374 g/mol. The maximum absolute atomic E-state index is 12.0. The quantitative estimate of drug-likeness (QED) is 0.338. The lowest BCUT2D eigenvalue weighted by Crippen LogP contribution is -2.19. The van der Waals surface area contributed by atoms with Crippen LogP contribution in [0.3, 0.4) is 0 Å². The maximum Gasteiger partial charge on any atom is 0.148 e. The van der Waals surface area contributed by atoms with Crippen LogP contribution in [0.2, 0.25) is 0 Å². The van der Waals surface area contributed by atoms with Gasteiger partial charge in [0.05, 0.1) is 12.7 Å². The molecule has 0 amide bonds. The Kier molecular flexibility index (Phi) is 7.53. The lowest BCUT2D eigenvalue weighted by atomic mass is 9.85. The third kappa shape index (κ3) is 5.88. The molecule has 3 nitrogen and oxygen atoms in total. The second-order valence-corrected chi connectivity index (χ2v) is 6.87. The Morgan fingerprint density at radius 1 is 0.786 bits per heavy atom. The van der Waals surface area contributed by atoms with E-state index in [4.69, 9.17) is 9.47 Å². The average Bonchev–Trinajstić information content (AvgIpc) is 2.74. The lowest BCUT2D eigenvalue weighted by Gasteiger charge is -2.27. The molecule has 0 bridgehead atoms. The van der Waals surface area contributed by atoms with Crippen molar-refractivity contribution in [1.29, 1.82) is 0 Å². The molecule has 0 aliphatic carbocycles. The fourth-order valence-corrected chi connectivity index (χ4v) is 3.35. The van der Waals surface area contributed by atoms with E-state index in [9.17, 15) is 4.79 Å². The van der Waals surface area contributed by atoms with Crippen LogP contribution in [0.25, 0.3) is 0 Å². The van der Waals surface area contributed by atoms with E-state index in [0.29, 0.717) is 13.0 Å². The molecule has 0 aromatic heterocycles. The smallest absolute Gasteiger partial charge is 0.148 e. The SMILES string of the molecule is CC(=O)C[C@@H](c1ccccc1)[C@@H](OCOCc1ccccc1)c1ccccc1. The average molecular weight is 374 g/mol. The van der Waals surface area contributed by atoms with E-state index in [2.05, 4.69) is 12.1 Å². The van der Waals surface area contributed by atoms with Gasteiger partial charge >= 0.3 is 0 Å². The third-order valence-electron chi connectivity index (χ3n) is 4.67. The van der Waals surface area contributed by atoms with Crippen LogP contribution in [-0.2, 0) is 20.9 Å². The van der Waals surface area contributed by atoms with Gasteiger partial charge in [-0.1, -0.05) is 91.0 Å². The van der Waals surface area contributed by atoms with Gasteiger partial charge in [0.15, 0.2) is 0 Å². The first kappa shape index (κ1) is 20.0. The molecule has 2 atom stereocenters. The topological polar surface area (TPSA) is 35.5 Å². The minimum atomic E-state index is -0.261. The van der Waals surface area contributed by atoms with Crippen molar-refractivity contribution < 1.29 is 14.3 Å². The molecule has 0 spiro atoms. The molecular formula is C25H26O3. The minimum Gasteiger partial charge on any atom is -0.351 e.